The van der Waals surface area contributed by atoms with E-state index in [1.165, 1.54) is 23.5 Å². The maximum atomic E-state index is 16.0. The topological polar surface area (TPSA) is 81.2 Å². The molecule has 11 heteroatoms. The number of aromatic nitrogens is 1. The Hall–Kier alpha value is -3.28. The minimum atomic E-state index is -0.769. The maximum absolute atomic E-state index is 16.0. The number of likely N-dealkylation sites (tertiary alicyclic amines) is 1. The summed E-state index contributed by atoms with van der Waals surface area (Å²) < 4.78 is 34.8. The number of benzene rings is 1. The second-order valence-corrected chi connectivity index (χ2v) is 14.6. The summed E-state index contributed by atoms with van der Waals surface area (Å²) in [6.07, 6.45) is 2.45. The Bertz CT molecular complexity index is 1600. The third kappa shape index (κ3) is 6.14. The van der Waals surface area contributed by atoms with Crippen LogP contribution in [0.3, 0.4) is 0 Å². The van der Waals surface area contributed by atoms with E-state index in [-0.39, 0.29) is 12.1 Å². The third-order valence-corrected chi connectivity index (χ3v) is 9.48. The normalized spacial score (nSPS) is 19.7. The van der Waals surface area contributed by atoms with Gasteiger partial charge >= 0.3 is 13.2 Å². The molecule has 44 heavy (non-hydrogen) atoms. The van der Waals surface area contributed by atoms with Gasteiger partial charge in [0.15, 0.2) is 0 Å². The SMILES string of the molecule is C=C(C)c1csc2ccnc(N(C(=O)c3ccc(B4OC(C)(C)C(C)(C)O4)cc3F)[C@@H]3CCCN(C(=O)OC(C)(C)C)C3)c12. The van der Waals surface area contributed by atoms with Crippen LogP contribution in [0.4, 0.5) is 15.0 Å². The highest BCUT2D eigenvalue weighted by atomic mass is 32.1. The number of hydrogen-bond donors (Lipinski definition) is 0. The van der Waals surface area contributed by atoms with Crippen LogP contribution in [0, 0.1) is 5.82 Å². The number of carbonyl (C=O) groups is 2. The molecule has 2 fully saturated rings. The van der Waals surface area contributed by atoms with Crippen molar-refractivity contribution in [3.63, 3.8) is 0 Å². The zero-order valence-electron chi connectivity index (χ0n) is 26.8. The van der Waals surface area contributed by atoms with Gasteiger partial charge in [-0.1, -0.05) is 12.6 Å². The van der Waals surface area contributed by atoms with Gasteiger partial charge in [0.2, 0.25) is 0 Å². The molecule has 8 nitrogen and oxygen atoms in total. The molecule has 4 heterocycles. The van der Waals surface area contributed by atoms with E-state index >= 15 is 4.39 Å². The highest BCUT2D eigenvalue weighted by Crippen LogP contribution is 2.39. The standard InChI is InChI=1S/C33H41BFN3O5S/c1-20(2)24-19-44-26-14-15-36-28(27(24)26)38(22-11-10-16-37(18-22)30(40)41-31(3,4)5)29(39)23-13-12-21(17-25(23)35)34-42-32(6,7)33(8,9)43-34/h12-15,17,19,22H,1,10-11,16,18H2,2-9H3/t22-/m1/s1. The molecule has 0 radical (unpaired) electrons. The van der Waals surface area contributed by atoms with Crippen LogP contribution in [0.15, 0.2) is 42.4 Å². The number of fused-ring (bicyclic) bond motifs is 1. The molecule has 234 valence electrons. The molecule has 0 spiro atoms. The Labute approximate surface area is 263 Å². The number of rotatable bonds is 5. The molecule has 0 aliphatic carbocycles. The molecule has 1 aromatic carbocycles. The zero-order chi connectivity index (χ0) is 32.2. The Balaban J connectivity index is 1.55. The molecule has 2 saturated heterocycles. The molecule has 5 rings (SSSR count). The van der Waals surface area contributed by atoms with Crippen LogP contribution in [0.25, 0.3) is 15.7 Å². The van der Waals surface area contributed by atoms with E-state index in [9.17, 15) is 9.59 Å². The van der Waals surface area contributed by atoms with Crippen molar-refractivity contribution in [2.24, 2.45) is 0 Å². The number of amides is 2. The van der Waals surface area contributed by atoms with Gasteiger partial charge in [0.25, 0.3) is 5.91 Å². The number of halogens is 1. The van der Waals surface area contributed by atoms with E-state index in [2.05, 4.69) is 11.6 Å². The summed E-state index contributed by atoms with van der Waals surface area (Å²) >= 11 is 1.53. The lowest BCUT2D eigenvalue weighted by Gasteiger charge is -2.39. The van der Waals surface area contributed by atoms with E-state index in [1.54, 1.807) is 22.1 Å². The van der Waals surface area contributed by atoms with Crippen molar-refractivity contribution < 1.29 is 28.0 Å². The second kappa shape index (κ2) is 11.6. The molecule has 1 atom stereocenters. The predicted octanol–water partition coefficient (Wildman–Crippen LogP) is 6.81. The fourth-order valence-electron chi connectivity index (χ4n) is 5.52. The highest BCUT2D eigenvalue weighted by molar-refractivity contribution is 7.17. The number of nitrogens with zero attached hydrogens (tertiary/aromatic N) is 3. The second-order valence-electron chi connectivity index (χ2n) is 13.7. The summed E-state index contributed by atoms with van der Waals surface area (Å²) in [5.74, 6) is -0.820. The number of ether oxygens (including phenoxy) is 1. The Morgan fingerprint density at radius 3 is 2.45 bits per heavy atom. The summed E-state index contributed by atoms with van der Waals surface area (Å²) in [5.41, 5.74) is 0.240. The van der Waals surface area contributed by atoms with Gasteiger partial charge in [-0.05, 0) is 108 Å². The van der Waals surface area contributed by atoms with Crippen LogP contribution in [0.1, 0.15) is 84.2 Å². The molecule has 0 N–H and O–H groups in total. The van der Waals surface area contributed by atoms with Gasteiger partial charge in [-0.3, -0.25) is 9.69 Å². The Morgan fingerprint density at radius 1 is 1.16 bits per heavy atom. The number of anilines is 1. The summed E-state index contributed by atoms with van der Waals surface area (Å²) in [4.78, 5) is 35.4. The van der Waals surface area contributed by atoms with Crippen molar-refractivity contribution in [1.29, 1.82) is 0 Å². The number of thiophene rings is 1. The van der Waals surface area contributed by atoms with Gasteiger partial charge < -0.3 is 18.9 Å². The quantitative estimate of drug-likeness (QED) is 0.291. The van der Waals surface area contributed by atoms with Crippen LogP contribution >= 0.6 is 11.3 Å². The smallest absolute Gasteiger partial charge is 0.444 e. The summed E-state index contributed by atoms with van der Waals surface area (Å²) in [6, 6.07) is 5.88. The number of hydrogen-bond acceptors (Lipinski definition) is 7. The van der Waals surface area contributed by atoms with Crippen LogP contribution in [0.5, 0.6) is 0 Å². The molecule has 0 saturated carbocycles. The van der Waals surface area contributed by atoms with Crippen molar-refractivity contribution >= 4 is 57.4 Å². The van der Waals surface area contributed by atoms with E-state index in [4.69, 9.17) is 14.0 Å². The summed E-state index contributed by atoms with van der Waals surface area (Å²) in [5, 5.41) is 2.77. The van der Waals surface area contributed by atoms with Gasteiger partial charge in [0.1, 0.15) is 17.2 Å². The molecule has 2 aromatic heterocycles. The first-order valence-electron chi connectivity index (χ1n) is 15.0. The van der Waals surface area contributed by atoms with Crippen LogP contribution in [-0.4, -0.2) is 64.9 Å². The number of pyridine rings is 1. The largest absolute Gasteiger partial charge is 0.494 e. The Morgan fingerprint density at radius 2 is 1.84 bits per heavy atom. The molecular weight excluding hydrogens is 580 g/mol. The van der Waals surface area contributed by atoms with Crippen LogP contribution in [-0.2, 0) is 14.0 Å². The minimum Gasteiger partial charge on any atom is -0.444 e. The predicted molar refractivity (Wildman–Crippen MR) is 174 cm³/mol. The van der Waals surface area contributed by atoms with E-state index in [1.807, 2.05) is 66.8 Å². The van der Waals surface area contributed by atoms with Gasteiger partial charge in [0.05, 0.1) is 22.8 Å². The maximum Gasteiger partial charge on any atom is 0.494 e. The molecule has 3 aromatic rings. The molecular formula is C33H41BFN3O5S. The van der Waals surface area contributed by atoms with E-state index < -0.39 is 47.8 Å². The first-order chi connectivity index (χ1) is 20.5. The van der Waals surface area contributed by atoms with Crippen LogP contribution < -0.4 is 10.4 Å². The average Bonchev–Trinajstić information content (AvgIpc) is 3.46. The van der Waals surface area contributed by atoms with Crippen LogP contribution in [0.2, 0.25) is 0 Å². The van der Waals surface area contributed by atoms with Crippen molar-refractivity contribution in [3.05, 3.63) is 59.4 Å². The van der Waals surface area contributed by atoms with Crippen molar-refractivity contribution in [3.8, 4) is 0 Å². The van der Waals surface area contributed by atoms with Crippen molar-refractivity contribution in [2.75, 3.05) is 18.0 Å². The Kier molecular flexibility index (Phi) is 8.46. The van der Waals surface area contributed by atoms with Gasteiger partial charge in [-0.2, -0.15) is 0 Å². The number of piperidine rings is 1. The van der Waals surface area contributed by atoms with Crippen molar-refractivity contribution in [1.82, 2.24) is 9.88 Å². The first kappa shape index (κ1) is 32.1. The summed E-state index contributed by atoms with van der Waals surface area (Å²) in [7, 11) is -0.769. The fraction of sp³-hybridized carbons (Fsp3) is 0.485. The number of carbonyl (C=O) groups excluding carboxylic acids is 2. The minimum absolute atomic E-state index is 0.106. The lowest BCUT2D eigenvalue weighted by molar-refractivity contribution is 0.00578. The molecule has 0 unspecified atom stereocenters. The van der Waals surface area contributed by atoms with Gasteiger partial charge in [-0.15, -0.1) is 11.3 Å². The lowest BCUT2D eigenvalue weighted by atomic mass is 9.78. The first-order valence-corrected chi connectivity index (χ1v) is 15.9. The molecule has 2 aliphatic heterocycles. The van der Waals surface area contributed by atoms with E-state index in [0.717, 1.165) is 21.2 Å². The zero-order valence-corrected chi connectivity index (χ0v) is 27.6. The van der Waals surface area contributed by atoms with E-state index in [0.29, 0.717) is 30.7 Å². The van der Waals surface area contributed by atoms with Gasteiger partial charge in [-0.25, -0.2) is 14.2 Å². The highest BCUT2D eigenvalue weighted by Gasteiger charge is 2.52. The third-order valence-electron chi connectivity index (χ3n) is 8.53. The summed E-state index contributed by atoms with van der Waals surface area (Å²) in [6.45, 7) is 19.9. The molecule has 2 amide bonds. The lowest BCUT2D eigenvalue weighted by Crippen LogP contribution is -2.53. The molecule has 0 bridgehead atoms. The van der Waals surface area contributed by atoms with Gasteiger partial charge in [0, 0.05) is 29.4 Å². The number of allylic oxidation sites excluding steroid dienone is 1. The average molecular weight is 622 g/mol. The fourth-order valence-corrected chi connectivity index (χ4v) is 6.54. The molecule has 2 aliphatic rings. The van der Waals surface area contributed by atoms with Crippen molar-refractivity contribution in [2.45, 2.75) is 91.1 Å². The monoisotopic (exact) mass is 621 g/mol.